The van der Waals surface area contributed by atoms with Gasteiger partial charge in [0.2, 0.25) is 0 Å². The van der Waals surface area contributed by atoms with E-state index in [1.54, 1.807) is 11.8 Å². The highest BCUT2D eigenvalue weighted by atomic mass is 127. The van der Waals surface area contributed by atoms with E-state index in [-0.39, 0.29) is 59.9 Å². The van der Waals surface area contributed by atoms with Gasteiger partial charge in [0.15, 0.2) is 0 Å². The van der Waals surface area contributed by atoms with Crippen molar-refractivity contribution in [2.45, 2.75) is 12.8 Å². The molecule has 0 atom stereocenters. The van der Waals surface area contributed by atoms with Gasteiger partial charge in [-0.2, -0.15) is 11.8 Å². The maximum atomic E-state index is 11.5. The Morgan fingerprint density at radius 1 is 0.720 bits per heavy atom. The third-order valence-electron chi connectivity index (χ3n) is 2.95. The van der Waals surface area contributed by atoms with Crippen LogP contribution in [-0.2, 0) is 19.1 Å². The molecule has 6 nitrogen and oxygen atoms in total. The summed E-state index contributed by atoms with van der Waals surface area (Å²) in [5.74, 6) is 1.01. The largest absolute Gasteiger partial charge is 1.00 e. The molecule has 0 aliphatic rings. The standard InChI is InChI=1S/C16H34N2O4S.2HI/c1-17(2,3)9-11-21-15(19)7-13-23-14-8-16(20)22-12-10-18(4,5)6;;/h7-14H2,1-6H3;2*1H/q+2;;/p-2. The van der Waals surface area contributed by atoms with Crippen LogP contribution in [0.5, 0.6) is 0 Å². The van der Waals surface area contributed by atoms with E-state index < -0.39 is 0 Å². The lowest BCUT2D eigenvalue weighted by atomic mass is 10.5. The second kappa shape index (κ2) is 15.7. The third-order valence-corrected chi connectivity index (χ3v) is 3.94. The van der Waals surface area contributed by atoms with Crippen molar-refractivity contribution < 1.29 is 76.0 Å². The number of halogens is 2. The summed E-state index contributed by atoms with van der Waals surface area (Å²) in [5.41, 5.74) is 0. The van der Waals surface area contributed by atoms with Gasteiger partial charge in [-0.3, -0.25) is 9.59 Å². The van der Waals surface area contributed by atoms with Gasteiger partial charge in [-0.05, 0) is 0 Å². The minimum Gasteiger partial charge on any atom is -1.00 e. The number of hydrogen-bond donors (Lipinski definition) is 0. The van der Waals surface area contributed by atoms with Crippen LogP contribution in [0.1, 0.15) is 12.8 Å². The van der Waals surface area contributed by atoms with Crippen LogP contribution in [0.2, 0.25) is 0 Å². The van der Waals surface area contributed by atoms with Crippen LogP contribution in [0.4, 0.5) is 0 Å². The molecule has 0 aromatic rings. The van der Waals surface area contributed by atoms with Gasteiger partial charge in [0, 0.05) is 11.5 Å². The minimum atomic E-state index is -0.170. The third kappa shape index (κ3) is 24.7. The quantitative estimate of drug-likeness (QED) is 0.0968. The lowest BCUT2D eigenvalue weighted by Crippen LogP contribution is -3.00. The molecule has 0 spiro atoms. The van der Waals surface area contributed by atoms with Gasteiger partial charge in [-0.15, -0.1) is 0 Å². The zero-order valence-electron chi connectivity index (χ0n) is 16.3. The highest BCUT2D eigenvalue weighted by Gasteiger charge is 2.11. The molecule has 0 radical (unpaired) electrons. The smallest absolute Gasteiger partial charge is 0.306 e. The summed E-state index contributed by atoms with van der Waals surface area (Å²) in [6.45, 7) is 2.51. The van der Waals surface area contributed by atoms with Gasteiger partial charge in [0.25, 0.3) is 0 Å². The van der Waals surface area contributed by atoms with Crippen LogP contribution in [0, 0.1) is 0 Å². The molecule has 152 valence electrons. The first kappa shape index (κ1) is 30.4. The van der Waals surface area contributed by atoms with Crippen LogP contribution >= 0.6 is 11.8 Å². The average Bonchev–Trinajstić information content (AvgIpc) is 2.35. The number of carbonyl (C=O) groups is 2. The molecular formula is C16H34I2N2O4S. The summed E-state index contributed by atoms with van der Waals surface area (Å²) in [5, 5.41) is 0. The molecule has 0 saturated heterocycles. The molecule has 0 fully saturated rings. The molecule has 25 heavy (non-hydrogen) atoms. The van der Waals surface area contributed by atoms with Crippen molar-refractivity contribution in [3.63, 3.8) is 0 Å². The summed E-state index contributed by atoms with van der Waals surface area (Å²) < 4.78 is 11.9. The molecule has 0 aromatic carbocycles. The Labute approximate surface area is 191 Å². The number of rotatable bonds is 12. The molecule has 0 saturated carbocycles. The van der Waals surface area contributed by atoms with Crippen molar-refractivity contribution in [1.82, 2.24) is 0 Å². The maximum Gasteiger partial charge on any atom is 0.306 e. The Kier molecular flexibility index (Phi) is 19.1. The van der Waals surface area contributed by atoms with Gasteiger partial charge in [0.1, 0.15) is 26.3 Å². The van der Waals surface area contributed by atoms with Gasteiger partial charge in [-0.25, -0.2) is 0 Å². The van der Waals surface area contributed by atoms with E-state index in [2.05, 4.69) is 42.3 Å². The molecule has 0 aromatic heterocycles. The number of quaternary nitrogens is 2. The first-order chi connectivity index (χ1) is 10.5. The first-order valence-electron chi connectivity index (χ1n) is 7.99. The Morgan fingerprint density at radius 2 is 1.04 bits per heavy atom. The first-order valence-corrected chi connectivity index (χ1v) is 9.15. The van der Waals surface area contributed by atoms with Crippen molar-refractivity contribution in [2.75, 3.05) is 80.1 Å². The molecule has 0 aliphatic carbocycles. The highest BCUT2D eigenvalue weighted by molar-refractivity contribution is 7.99. The van der Waals surface area contributed by atoms with E-state index in [9.17, 15) is 9.59 Å². The van der Waals surface area contributed by atoms with E-state index >= 15 is 0 Å². The van der Waals surface area contributed by atoms with E-state index in [4.69, 9.17) is 9.47 Å². The fraction of sp³-hybridized carbons (Fsp3) is 0.875. The van der Waals surface area contributed by atoms with E-state index in [1.165, 1.54) is 0 Å². The van der Waals surface area contributed by atoms with Gasteiger partial charge in [-0.1, -0.05) is 0 Å². The summed E-state index contributed by atoms with van der Waals surface area (Å²) >= 11 is 1.58. The summed E-state index contributed by atoms with van der Waals surface area (Å²) in [6.07, 6.45) is 0.775. The molecule has 0 rings (SSSR count). The topological polar surface area (TPSA) is 52.6 Å². The van der Waals surface area contributed by atoms with Crippen LogP contribution in [0.15, 0.2) is 0 Å². The molecule has 0 unspecified atom stereocenters. The van der Waals surface area contributed by atoms with Crippen molar-refractivity contribution in [1.29, 1.82) is 0 Å². The number of nitrogens with zero attached hydrogens (tertiary/aromatic N) is 2. The number of carbonyl (C=O) groups excluding carboxylic acids is 2. The summed E-state index contributed by atoms with van der Waals surface area (Å²) in [4.78, 5) is 23.1. The number of thioether (sulfide) groups is 1. The van der Waals surface area contributed by atoms with Crippen LogP contribution in [0.25, 0.3) is 0 Å². The van der Waals surface area contributed by atoms with Gasteiger partial charge < -0.3 is 66.4 Å². The predicted octanol–water partition coefficient (Wildman–Crippen LogP) is -4.99. The number of ether oxygens (including phenoxy) is 2. The number of likely N-dealkylation sites (N-methyl/N-ethyl adjacent to an activating group) is 2. The monoisotopic (exact) mass is 604 g/mol. The highest BCUT2D eigenvalue weighted by Crippen LogP contribution is 2.06. The Morgan fingerprint density at radius 3 is 1.32 bits per heavy atom. The van der Waals surface area contributed by atoms with Gasteiger partial charge >= 0.3 is 11.9 Å². The Bertz CT molecular complexity index is 338. The zero-order valence-corrected chi connectivity index (χ0v) is 21.5. The molecule has 0 heterocycles. The molecule has 9 heteroatoms. The number of hydrogen-bond acceptors (Lipinski definition) is 5. The van der Waals surface area contributed by atoms with Crippen LogP contribution in [0.3, 0.4) is 0 Å². The Balaban J connectivity index is -0.00000242. The average molecular weight is 604 g/mol. The van der Waals surface area contributed by atoms with Crippen LogP contribution in [-0.4, -0.2) is 101 Å². The Hall–Kier alpha value is 0.670. The van der Waals surface area contributed by atoms with Crippen LogP contribution < -0.4 is 48.0 Å². The van der Waals surface area contributed by atoms with Crippen molar-refractivity contribution in [3.8, 4) is 0 Å². The van der Waals surface area contributed by atoms with Gasteiger partial charge in [0.05, 0.1) is 55.1 Å². The second-order valence-corrected chi connectivity index (χ2v) is 8.81. The number of esters is 2. The van der Waals surface area contributed by atoms with Crippen molar-refractivity contribution in [2.24, 2.45) is 0 Å². The second-order valence-electron chi connectivity index (χ2n) is 7.58. The van der Waals surface area contributed by atoms with E-state index in [1.807, 2.05) is 0 Å². The predicted molar refractivity (Wildman–Crippen MR) is 94.3 cm³/mol. The molecule has 0 aliphatic heterocycles. The molecule has 0 bridgehead atoms. The fourth-order valence-electron chi connectivity index (χ4n) is 1.42. The van der Waals surface area contributed by atoms with Crippen molar-refractivity contribution >= 4 is 23.7 Å². The summed E-state index contributed by atoms with van der Waals surface area (Å²) in [6, 6.07) is 0. The lowest BCUT2D eigenvalue weighted by Gasteiger charge is -2.23. The molecule has 0 N–H and O–H groups in total. The molecular weight excluding hydrogens is 570 g/mol. The fourth-order valence-corrected chi connectivity index (χ4v) is 2.25. The van der Waals surface area contributed by atoms with E-state index in [0.29, 0.717) is 37.6 Å². The van der Waals surface area contributed by atoms with Crippen molar-refractivity contribution in [3.05, 3.63) is 0 Å². The lowest BCUT2D eigenvalue weighted by molar-refractivity contribution is -0.870. The SMILES string of the molecule is C[N+](C)(C)CCOC(=O)CCSCCC(=O)OCC[N+](C)(C)C.[I-].[I-]. The minimum absolute atomic E-state index is 0. The normalized spacial score (nSPS) is 11.1. The molecule has 0 amide bonds. The maximum absolute atomic E-state index is 11.5. The zero-order chi connectivity index (χ0) is 17.9. The summed E-state index contributed by atoms with van der Waals surface area (Å²) in [7, 11) is 12.4. The van der Waals surface area contributed by atoms with E-state index in [0.717, 1.165) is 22.1 Å².